The van der Waals surface area contributed by atoms with Crippen LogP contribution in [0.15, 0.2) is 39.1 Å². The topological polar surface area (TPSA) is 64.0 Å². The number of nitrogens with one attached hydrogen (secondary N) is 1. The molecule has 2 aromatic rings. The Morgan fingerprint density at radius 2 is 2.00 bits per heavy atom. The molecule has 0 saturated heterocycles. The minimum absolute atomic E-state index is 0.00341. The van der Waals surface area contributed by atoms with Crippen molar-refractivity contribution >= 4 is 41.0 Å². The van der Waals surface area contributed by atoms with Gasteiger partial charge in [-0.1, -0.05) is 42.6 Å². The van der Waals surface area contributed by atoms with Crippen LogP contribution in [0.1, 0.15) is 37.8 Å². The lowest BCUT2D eigenvalue weighted by Gasteiger charge is -2.22. The molecule has 4 rings (SSSR count). The third-order valence-electron chi connectivity index (χ3n) is 5.05. The van der Waals surface area contributed by atoms with Crippen LogP contribution >= 0.6 is 35.1 Å². The molecular formula is C20H22ClN3O2S2. The Balaban J connectivity index is 1.57. The third-order valence-corrected chi connectivity index (χ3v) is 7.35. The number of nitrogens with zero attached hydrogens (tertiary/aromatic N) is 2. The molecule has 1 aromatic carbocycles. The van der Waals surface area contributed by atoms with Crippen LogP contribution < -0.4 is 10.9 Å². The summed E-state index contributed by atoms with van der Waals surface area (Å²) in [6.07, 6.45) is 6.51. The minimum atomic E-state index is -0.0648. The number of aryl methyl sites for hydroxylation is 1. The molecule has 2 heterocycles. The number of halogens is 1. The maximum Gasteiger partial charge on any atom is 0.272 e. The molecule has 8 heteroatoms. The summed E-state index contributed by atoms with van der Waals surface area (Å²) in [7, 11) is 0. The van der Waals surface area contributed by atoms with E-state index in [4.69, 9.17) is 16.6 Å². The van der Waals surface area contributed by atoms with Gasteiger partial charge in [0.2, 0.25) is 5.91 Å². The highest BCUT2D eigenvalue weighted by Gasteiger charge is 2.23. The molecule has 2 aliphatic rings. The number of benzene rings is 1. The standard InChI is InChI=1S/C20H22ClN3O2S2/c21-13-6-8-15(9-7-13)24-19(26)18-16(10-11-27-18)23-20(24)28-12-17(25)22-14-4-2-1-3-5-14/h6-9,14H,1-5,10-12H2,(H,22,25). The number of hydrogen-bond acceptors (Lipinski definition) is 5. The Kier molecular flexibility index (Phi) is 6.33. The highest BCUT2D eigenvalue weighted by Crippen LogP contribution is 2.30. The zero-order valence-corrected chi connectivity index (χ0v) is 17.8. The molecule has 0 spiro atoms. The molecule has 148 valence electrons. The molecule has 1 saturated carbocycles. The van der Waals surface area contributed by atoms with Crippen molar-refractivity contribution < 1.29 is 4.79 Å². The number of thioether (sulfide) groups is 2. The number of fused-ring (bicyclic) bond motifs is 1. The lowest BCUT2D eigenvalue weighted by atomic mass is 9.95. The number of amides is 1. The molecule has 1 aromatic heterocycles. The van der Waals surface area contributed by atoms with E-state index in [0.717, 1.165) is 30.7 Å². The van der Waals surface area contributed by atoms with Gasteiger partial charge in [0.1, 0.15) is 0 Å². The summed E-state index contributed by atoms with van der Waals surface area (Å²) in [5.74, 6) is 1.13. The van der Waals surface area contributed by atoms with Gasteiger partial charge in [0.15, 0.2) is 5.16 Å². The van der Waals surface area contributed by atoms with Crippen LogP contribution in [-0.2, 0) is 11.2 Å². The summed E-state index contributed by atoms with van der Waals surface area (Å²) >= 11 is 8.88. The van der Waals surface area contributed by atoms with Gasteiger partial charge in [0.25, 0.3) is 5.56 Å². The van der Waals surface area contributed by atoms with Crippen LogP contribution in [0.25, 0.3) is 5.69 Å². The van der Waals surface area contributed by atoms with Crippen molar-refractivity contribution in [2.24, 2.45) is 0 Å². The molecular weight excluding hydrogens is 414 g/mol. The van der Waals surface area contributed by atoms with E-state index in [1.807, 2.05) is 12.1 Å². The second-order valence-electron chi connectivity index (χ2n) is 7.08. The van der Waals surface area contributed by atoms with Gasteiger partial charge in [-0.25, -0.2) is 4.98 Å². The van der Waals surface area contributed by atoms with E-state index < -0.39 is 0 Å². The average Bonchev–Trinajstić information content (AvgIpc) is 3.17. The molecule has 1 aliphatic carbocycles. The highest BCUT2D eigenvalue weighted by atomic mass is 35.5. The van der Waals surface area contributed by atoms with Crippen molar-refractivity contribution in [2.75, 3.05) is 11.5 Å². The van der Waals surface area contributed by atoms with Crippen LogP contribution in [0.2, 0.25) is 5.02 Å². The van der Waals surface area contributed by atoms with Gasteiger partial charge in [-0.05, 0) is 37.1 Å². The molecule has 1 N–H and O–H groups in total. The zero-order chi connectivity index (χ0) is 19.5. The third kappa shape index (κ3) is 4.42. The predicted molar refractivity (Wildman–Crippen MR) is 115 cm³/mol. The van der Waals surface area contributed by atoms with Gasteiger partial charge in [-0.2, -0.15) is 0 Å². The molecule has 1 fully saturated rings. The Morgan fingerprint density at radius 1 is 1.25 bits per heavy atom. The fourth-order valence-electron chi connectivity index (χ4n) is 3.65. The summed E-state index contributed by atoms with van der Waals surface area (Å²) in [5.41, 5.74) is 1.49. The Hall–Kier alpha value is -1.44. The molecule has 1 aliphatic heterocycles. The zero-order valence-electron chi connectivity index (χ0n) is 15.4. The Labute approximate surface area is 177 Å². The first kappa shape index (κ1) is 19.9. The average molecular weight is 436 g/mol. The first-order chi connectivity index (χ1) is 13.6. The maximum absolute atomic E-state index is 13.1. The molecule has 0 radical (unpaired) electrons. The van der Waals surface area contributed by atoms with Gasteiger partial charge in [-0.3, -0.25) is 14.2 Å². The lowest BCUT2D eigenvalue weighted by Crippen LogP contribution is -2.37. The number of carbonyl (C=O) groups excluding carboxylic acids is 1. The first-order valence-electron chi connectivity index (χ1n) is 9.58. The van der Waals surface area contributed by atoms with E-state index in [9.17, 15) is 9.59 Å². The number of hydrogen-bond donors (Lipinski definition) is 1. The van der Waals surface area contributed by atoms with Gasteiger partial charge < -0.3 is 5.32 Å². The van der Waals surface area contributed by atoms with Crippen LogP contribution in [0, 0.1) is 0 Å². The summed E-state index contributed by atoms with van der Waals surface area (Å²) in [6.45, 7) is 0. The Bertz CT molecular complexity index is 924. The SMILES string of the molecule is O=C(CSc1nc2c(c(=O)n1-c1ccc(Cl)cc1)SCC2)NC1CCCCC1. The van der Waals surface area contributed by atoms with Crippen molar-refractivity contribution in [2.45, 2.75) is 54.6 Å². The normalized spacial score (nSPS) is 16.8. The Morgan fingerprint density at radius 3 is 2.75 bits per heavy atom. The number of aromatic nitrogens is 2. The van der Waals surface area contributed by atoms with Crippen LogP contribution in [-0.4, -0.2) is 33.0 Å². The molecule has 0 bridgehead atoms. The van der Waals surface area contributed by atoms with E-state index >= 15 is 0 Å². The highest BCUT2D eigenvalue weighted by molar-refractivity contribution is 8.00. The van der Waals surface area contributed by atoms with Gasteiger partial charge in [0, 0.05) is 23.2 Å². The molecule has 28 heavy (non-hydrogen) atoms. The van der Waals surface area contributed by atoms with E-state index in [1.54, 1.807) is 28.5 Å². The van der Waals surface area contributed by atoms with Crippen molar-refractivity contribution in [3.05, 3.63) is 45.3 Å². The van der Waals surface area contributed by atoms with Gasteiger partial charge in [-0.15, -0.1) is 11.8 Å². The quantitative estimate of drug-likeness (QED) is 0.566. The molecule has 1 amide bonds. The van der Waals surface area contributed by atoms with Crippen LogP contribution in [0.5, 0.6) is 0 Å². The van der Waals surface area contributed by atoms with E-state index in [2.05, 4.69) is 5.32 Å². The molecule has 0 atom stereocenters. The maximum atomic E-state index is 13.1. The van der Waals surface area contributed by atoms with Crippen molar-refractivity contribution in [3.8, 4) is 5.69 Å². The summed E-state index contributed by atoms with van der Waals surface area (Å²) in [5, 5.41) is 4.30. The lowest BCUT2D eigenvalue weighted by molar-refractivity contribution is -0.119. The van der Waals surface area contributed by atoms with E-state index in [1.165, 1.54) is 31.0 Å². The second kappa shape index (κ2) is 8.93. The second-order valence-corrected chi connectivity index (χ2v) is 9.56. The van der Waals surface area contributed by atoms with E-state index in [0.29, 0.717) is 20.8 Å². The smallest absolute Gasteiger partial charge is 0.272 e. The van der Waals surface area contributed by atoms with E-state index in [-0.39, 0.29) is 23.3 Å². The van der Waals surface area contributed by atoms with Crippen molar-refractivity contribution in [1.82, 2.24) is 14.9 Å². The molecule has 5 nitrogen and oxygen atoms in total. The largest absolute Gasteiger partial charge is 0.353 e. The minimum Gasteiger partial charge on any atom is -0.353 e. The van der Waals surface area contributed by atoms with Crippen LogP contribution in [0.3, 0.4) is 0 Å². The van der Waals surface area contributed by atoms with Crippen molar-refractivity contribution in [1.29, 1.82) is 0 Å². The van der Waals surface area contributed by atoms with Crippen LogP contribution in [0.4, 0.5) is 0 Å². The summed E-state index contributed by atoms with van der Waals surface area (Å²) in [4.78, 5) is 30.9. The molecule has 0 unspecified atom stereocenters. The van der Waals surface area contributed by atoms with Gasteiger partial charge >= 0.3 is 0 Å². The van der Waals surface area contributed by atoms with Crippen molar-refractivity contribution in [3.63, 3.8) is 0 Å². The van der Waals surface area contributed by atoms with Gasteiger partial charge in [0.05, 0.1) is 22.0 Å². The fraction of sp³-hybridized carbons (Fsp3) is 0.450. The monoisotopic (exact) mass is 435 g/mol. The number of rotatable bonds is 5. The summed E-state index contributed by atoms with van der Waals surface area (Å²) < 4.78 is 1.60. The first-order valence-corrected chi connectivity index (χ1v) is 11.9. The predicted octanol–water partition coefficient (Wildman–Crippen LogP) is 4.08. The number of carbonyl (C=O) groups is 1. The fourth-order valence-corrected chi connectivity index (χ4v) is 5.64. The summed E-state index contributed by atoms with van der Waals surface area (Å²) in [6, 6.07) is 7.42.